The lowest BCUT2D eigenvalue weighted by atomic mass is 10.1. The number of unbranched alkanes of at least 4 members (excludes halogenated alkanes) is 1. The van der Waals surface area contributed by atoms with Gasteiger partial charge in [-0.25, -0.2) is 9.78 Å². The van der Waals surface area contributed by atoms with Crippen LogP contribution in [0.5, 0.6) is 0 Å². The van der Waals surface area contributed by atoms with E-state index in [0.29, 0.717) is 25.1 Å². The molecule has 1 atom stereocenters. The second-order valence-corrected chi connectivity index (χ2v) is 4.50. The van der Waals surface area contributed by atoms with Crippen LogP contribution in [0.1, 0.15) is 25.0 Å². The topological polar surface area (TPSA) is 159 Å². The largest absolute Gasteiger partial charge is 0.480 e. The van der Waals surface area contributed by atoms with E-state index in [2.05, 4.69) is 20.3 Å². The molecule has 9 heteroatoms. The average Bonchev–Trinajstić information content (AvgIpc) is 2.90. The second-order valence-electron chi connectivity index (χ2n) is 4.50. The van der Waals surface area contributed by atoms with Gasteiger partial charge in [0.15, 0.2) is 5.96 Å². The number of hydrogen-bond donors (Lipinski definition) is 5. The number of amides is 1. The van der Waals surface area contributed by atoms with Gasteiger partial charge in [-0.05, 0) is 12.8 Å². The Balaban J connectivity index is 2.32. The number of aromatic nitrogens is 2. The summed E-state index contributed by atoms with van der Waals surface area (Å²) in [6.45, 7) is 0.451. The number of aliphatic carboxylic acids is 1. The standard InChI is InChI=1S/C12H20N6O3/c13-12(14)16-4-2-1-3-10(19)18-9(11(20)21)5-8-6-15-7-17-8/h6-7,9H,1-5H2,(H,15,17)(H,18,19)(H,20,21)(H4,13,14,16)/t9-/m0/s1. The quantitative estimate of drug-likeness (QED) is 0.222. The highest BCUT2D eigenvalue weighted by molar-refractivity contribution is 5.83. The zero-order chi connectivity index (χ0) is 15.7. The van der Waals surface area contributed by atoms with Crippen LogP contribution in [0, 0.1) is 0 Å². The summed E-state index contributed by atoms with van der Waals surface area (Å²) in [6.07, 6.45) is 4.61. The molecule has 0 aliphatic rings. The van der Waals surface area contributed by atoms with Gasteiger partial charge in [0.25, 0.3) is 0 Å². The molecule has 0 spiro atoms. The Morgan fingerprint density at radius 1 is 1.43 bits per heavy atom. The number of carboxylic acids is 1. The minimum absolute atomic E-state index is 0.0185. The number of hydrogen-bond acceptors (Lipinski definition) is 4. The summed E-state index contributed by atoms with van der Waals surface area (Å²) in [7, 11) is 0. The van der Waals surface area contributed by atoms with Crippen LogP contribution in [0.4, 0.5) is 0 Å². The lowest BCUT2D eigenvalue weighted by Crippen LogP contribution is -2.42. The van der Waals surface area contributed by atoms with Crippen LogP contribution in [0.25, 0.3) is 0 Å². The summed E-state index contributed by atoms with van der Waals surface area (Å²) in [5.74, 6) is -1.38. The molecule has 0 bridgehead atoms. The third-order valence-corrected chi connectivity index (χ3v) is 2.72. The molecule has 0 aromatic carbocycles. The fraction of sp³-hybridized carbons (Fsp3) is 0.500. The van der Waals surface area contributed by atoms with Gasteiger partial charge in [-0.15, -0.1) is 0 Å². The van der Waals surface area contributed by atoms with Crippen molar-refractivity contribution < 1.29 is 14.7 Å². The van der Waals surface area contributed by atoms with Crippen molar-refractivity contribution in [1.29, 1.82) is 0 Å². The summed E-state index contributed by atoms with van der Waals surface area (Å²) in [6, 6.07) is -0.976. The molecule has 0 fully saturated rings. The molecule has 0 radical (unpaired) electrons. The number of aliphatic imine (C=N–C) groups is 1. The number of rotatable bonds is 9. The van der Waals surface area contributed by atoms with E-state index >= 15 is 0 Å². The number of aromatic amines is 1. The SMILES string of the molecule is NC(N)=NCCCCC(=O)N[C@@H](Cc1cnc[nH]1)C(=O)O. The highest BCUT2D eigenvalue weighted by Gasteiger charge is 2.20. The first-order valence-corrected chi connectivity index (χ1v) is 6.54. The van der Waals surface area contributed by atoms with Crippen molar-refractivity contribution >= 4 is 17.8 Å². The molecule has 1 rings (SSSR count). The lowest BCUT2D eigenvalue weighted by molar-refractivity contribution is -0.141. The number of imidazole rings is 1. The van der Waals surface area contributed by atoms with Crippen molar-refractivity contribution in [1.82, 2.24) is 15.3 Å². The molecular formula is C12H20N6O3. The summed E-state index contributed by atoms with van der Waals surface area (Å²) < 4.78 is 0. The molecule has 1 amide bonds. The van der Waals surface area contributed by atoms with Crippen LogP contribution < -0.4 is 16.8 Å². The lowest BCUT2D eigenvalue weighted by Gasteiger charge is -2.13. The van der Waals surface area contributed by atoms with E-state index in [-0.39, 0.29) is 24.7 Å². The molecule has 21 heavy (non-hydrogen) atoms. The molecule has 1 aromatic rings. The first-order chi connectivity index (χ1) is 9.99. The molecule has 0 aliphatic heterocycles. The van der Waals surface area contributed by atoms with Crippen LogP contribution in [-0.4, -0.2) is 45.5 Å². The molecule has 0 saturated carbocycles. The Morgan fingerprint density at radius 3 is 2.76 bits per heavy atom. The molecule has 9 nitrogen and oxygen atoms in total. The predicted molar refractivity (Wildman–Crippen MR) is 76.4 cm³/mol. The number of nitrogens with two attached hydrogens (primary N) is 2. The number of H-pyrrole nitrogens is 1. The van der Waals surface area contributed by atoms with Gasteiger partial charge >= 0.3 is 5.97 Å². The maximum absolute atomic E-state index is 11.7. The van der Waals surface area contributed by atoms with Gasteiger partial charge in [0.05, 0.1) is 6.33 Å². The van der Waals surface area contributed by atoms with Gasteiger partial charge < -0.3 is 26.9 Å². The van der Waals surface area contributed by atoms with Crippen LogP contribution >= 0.6 is 0 Å². The van der Waals surface area contributed by atoms with E-state index in [1.807, 2.05) is 0 Å². The summed E-state index contributed by atoms with van der Waals surface area (Å²) in [5, 5.41) is 11.6. The highest BCUT2D eigenvalue weighted by Crippen LogP contribution is 2.01. The summed E-state index contributed by atoms with van der Waals surface area (Å²) in [5.41, 5.74) is 11.0. The second kappa shape index (κ2) is 8.56. The van der Waals surface area contributed by atoms with Crippen molar-refractivity contribution in [3.05, 3.63) is 18.2 Å². The highest BCUT2D eigenvalue weighted by atomic mass is 16.4. The maximum Gasteiger partial charge on any atom is 0.326 e. The molecule has 116 valence electrons. The van der Waals surface area contributed by atoms with Gasteiger partial charge in [-0.2, -0.15) is 0 Å². The van der Waals surface area contributed by atoms with E-state index in [9.17, 15) is 9.59 Å². The van der Waals surface area contributed by atoms with E-state index in [1.165, 1.54) is 12.5 Å². The van der Waals surface area contributed by atoms with E-state index in [0.717, 1.165) is 0 Å². The first-order valence-electron chi connectivity index (χ1n) is 6.54. The third kappa shape index (κ3) is 6.95. The van der Waals surface area contributed by atoms with E-state index in [4.69, 9.17) is 16.6 Å². The Hall–Kier alpha value is -2.58. The molecule has 0 saturated heterocycles. The Morgan fingerprint density at radius 2 is 2.19 bits per heavy atom. The fourth-order valence-electron chi connectivity index (χ4n) is 1.69. The molecule has 1 heterocycles. The monoisotopic (exact) mass is 296 g/mol. The van der Waals surface area contributed by atoms with Gasteiger partial charge in [-0.3, -0.25) is 9.79 Å². The van der Waals surface area contributed by atoms with Crippen LogP contribution in [0.15, 0.2) is 17.5 Å². The van der Waals surface area contributed by atoms with Crippen LogP contribution in [-0.2, 0) is 16.0 Å². The van der Waals surface area contributed by atoms with Gasteiger partial charge in [0.1, 0.15) is 6.04 Å². The number of carbonyl (C=O) groups is 2. The third-order valence-electron chi connectivity index (χ3n) is 2.72. The smallest absolute Gasteiger partial charge is 0.326 e. The average molecular weight is 296 g/mol. The molecule has 0 aliphatic carbocycles. The number of carboxylic acid groups (broad SMARTS) is 1. The molecular weight excluding hydrogens is 276 g/mol. The zero-order valence-corrected chi connectivity index (χ0v) is 11.6. The fourth-order valence-corrected chi connectivity index (χ4v) is 1.69. The minimum atomic E-state index is -1.08. The van der Waals surface area contributed by atoms with Crippen LogP contribution in [0.3, 0.4) is 0 Å². The zero-order valence-electron chi connectivity index (χ0n) is 11.6. The van der Waals surface area contributed by atoms with Gasteiger partial charge in [0.2, 0.25) is 5.91 Å². The van der Waals surface area contributed by atoms with Crippen molar-refractivity contribution in [2.24, 2.45) is 16.5 Å². The van der Waals surface area contributed by atoms with Crippen LogP contribution in [0.2, 0.25) is 0 Å². The summed E-state index contributed by atoms with van der Waals surface area (Å²) in [4.78, 5) is 33.2. The first kappa shape index (κ1) is 16.5. The Kier molecular flexibility index (Phi) is 6.72. The normalized spacial score (nSPS) is 11.6. The van der Waals surface area contributed by atoms with Crippen molar-refractivity contribution in [2.75, 3.05) is 6.54 Å². The van der Waals surface area contributed by atoms with E-state index in [1.54, 1.807) is 0 Å². The Labute approximate surface area is 121 Å². The van der Waals surface area contributed by atoms with Crippen molar-refractivity contribution in [3.8, 4) is 0 Å². The number of guanidine groups is 1. The number of nitrogens with one attached hydrogen (secondary N) is 2. The number of nitrogens with zero attached hydrogens (tertiary/aromatic N) is 2. The maximum atomic E-state index is 11.7. The predicted octanol–water partition coefficient (Wildman–Crippen LogP) is -1.03. The minimum Gasteiger partial charge on any atom is -0.480 e. The van der Waals surface area contributed by atoms with Crippen molar-refractivity contribution in [2.45, 2.75) is 31.7 Å². The molecule has 7 N–H and O–H groups in total. The van der Waals surface area contributed by atoms with E-state index < -0.39 is 12.0 Å². The molecule has 1 aromatic heterocycles. The number of carbonyl (C=O) groups excluding carboxylic acids is 1. The molecule has 0 unspecified atom stereocenters. The van der Waals surface area contributed by atoms with Crippen molar-refractivity contribution in [3.63, 3.8) is 0 Å². The van der Waals surface area contributed by atoms with Gasteiger partial charge in [-0.1, -0.05) is 0 Å². The van der Waals surface area contributed by atoms with Gasteiger partial charge in [0, 0.05) is 31.3 Å². The summed E-state index contributed by atoms with van der Waals surface area (Å²) >= 11 is 0. The Bertz CT molecular complexity index is 481.